The Morgan fingerprint density at radius 1 is 1.11 bits per heavy atom. The largest absolute Gasteiger partial charge is 0.388 e. The van der Waals surface area contributed by atoms with E-state index in [1.165, 1.54) is 24.3 Å². The third-order valence-corrected chi connectivity index (χ3v) is 3.43. The highest BCUT2D eigenvalue weighted by Crippen LogP contribution is 2.25. The van der Waals surface area contributed by atoms with E-state index in [9.17, 15) is 13.9 Å². The fourth-order valence-corrected chi connectivity index (χ4v) is 2.26. The topological polar surface area (TPSA) is 20.2 Å². The normalized spacial score (nSPS) is 12.4. The van der Waals surface area contributed by atoms with Crippen LogP contribution in [0.4, 0.5) is 8.78 Å². The van der Waals surface area contributed by atoms with Crippen LogP contribution in [-0.2, 0) is 6.42 Å². The van der Waals surface area contributed by atoms with Gasteiger partial charge in [-0.25, -0.2) is 8.78 Å². The van der Waals surface area contributed by atoms with Crippen LogP contribution in [0.15, 0.2) is 46.9 Å². The van der Waals surface area contributed by atoms with Crippen LogP contribution in [-0.4, -0.2) is 5.11 Å². The van der Waals surface area contributed by atoms with E-state index in [1.54, 1.807) is 18.2 Å². The van der Waals surface area contributed by atoms with Crippen molar-refractivity contribution in [2.45, 2.75) is 12.5 Å². The molecule has 0 saturated carbocycles. The predicted molar refractivity (Wildman–Crippen MR) is 69.2 cm³/mol. The maximum atomic E-state index is 13.5. The summed E-state index contributed by atoms with van der Waals surface area (Å²) in [6.07, 6.45) is -0.727. The maximum Gasteiger partial charge on any atom is 0.129 e. The highest BCUT2D eigenvalue weighted by Gasteiger charge is 2.14. The van der Waals surface area contributed by atoms with E-state index < -0.39 is 11.9 Å². The molecule has 0 radical (unpaired) electrons. The lowest BCUT2D eigenvalue weighted by atomic mass is 10.0. The molecule has 1 N–H and O–H groups in total. The van der Waals surface area contributed by atoms with Gasteiger partial charge in [0.05, 0.1) is 6.10 Å². The summed E-state index contributed by atoms with van der Waals surface area (Å²) in [6, 6.07) is 10.3. The molecule has 0 aromatic heterocycles. The first-order valence-corrected chi connectivity index (χ1v) is 6.23. The lowest BCUT2D eigenvalue weighted by Crippen LogP contribution is -2.04. The second kappa shape index (κ2) is 5.59. The molecule has 18 heavy (non-hydrogen) atoms. The summed E-state index contributed by atoms with van der Waals surface area (Å²) in [7, 11) is 0. The number of aliphatic hydroxyl groups excluding tert-OH is 1. The Bertz CT molecular complexity index is 557. The molecule has 0 aliphatic heterocycles. The van der Waals surface area contributed by atoms with Gasteiger partial charge in [0.2, 0.25) is 0 Å². The zero-order chi connectivity index (χ0) is 13.1. The van der Waals surface area contributed by atoms with Crippen molar-refractivity contribution in [1.29, 1.82) is 0 Å². The van der Waals surface area contributed by atoms with Gasteiger partial charge in [-0.3, -0.25) is 0 Å². The van der Waals surface area contributed by atoms with Gasteiger partial charge < -0.3 is 5.11 Å². The highest BCUT2D eigenvalue weighted by atomic mass is 79.9. The number of halogens is 3. The molecule has 0 bridgehead atoms. The number of hydrogen-bond donors (Lipinski definition) is 1. The molecule has 0 fully saturated rings. The molecule has 0 aliphatic rings. The first kappa shape index (κ1) is 13.2. The molecule has 0 saturated heterocycles. The van der Waals surface area contributed by atoms with E-state index >= 15 is 0 Å². The molecular weight excluding hydrogens is 302 g/mol. The number of aliphatic hydroxyl groups is 1. The quantitative estimate of drug-likeness (QED) is 0.908. The van der Waals surface area contributed by atoms with E-state index in [0.717, 1.165) is 5.56 Å². The second-order valence-electron chi connectivity index (χ2n) is 3.98. The van der Waals surface area contributed by atoms with Crippen LogP contribution in [0.5, 0.6) is 0 Å². The summed E-state index contributed by atoms with van der Waals surface area (Å²) < 4.78 is 27.0. The zero-order valence-corrected chi connectivity index (χ0v) is 11.0. The molecule has 1 atom stereocenters. The first-order valence-electron chi connectivity index (χ1n) is 5.44. The molecule has 0 spiro atoms. The molecule has 0 aliphatic carbocycles. The Hall–Kier alpha value is -1.26. The minimum atomic E-state index is -0.951. The fourth-order valence-electron chi connectivity index (χ4n) is 1.75. The lowest BCUT2D eigenvalue weighted by molar-refractivity contribution is 0.173. The second-order valence-corrected chi connectivity index (χ2v) is 4.83. The van der Waals surface area contributed by atoms with Gasteiger partial charge in [-0.15, -0.1) is 0 Å². The van der Waals surface area contributed by atoms with E-state index in [0.29, 0.717) is 4.47 Å². The average Bonchev–Trinajstić information content (AvgIpc) is 2.33. The first-order chi connectivity index (χ1) is 8.58. The van der Waals surface area contributed by atoms with Gasteiger partial charge in [0.1, 0.15) is 11.6 Å². The SMILES string of the molecule is OC(Cc1ccc(F)cc1Br)c1ccccc1F. The number of rotatable bonds is 3. The van der Waals surface area contributed by atoms with Crippen molar-refractivity contribution in [3.63, 3.8) is 0 Å². The van der Waals surface area contributed by atoms with Crippen LogP contribution >= 0.6 is 15.9 Å². The zero-order valence-electron chi connectivity index (χ0n) is 9.41. The van der Waals surface area contributed by atoms with E-state index in [-0.39, 0.29) is 17.8 Å². The van der Waals surface area contributed by atoms with E-state index in [1.807, 2.05) is 0 Å². The number of hydrogen-bond acceptors (Lipinski definition) is 1. The maximum absolute atomic E-state index is 13.5. The Balaban J connectivity index is 2.21. The van der Waals surface area contributed by atoms with Gasteiger partial charge in [-0.2, -0.15) is 0 Å². The van der Waals surface area contributed by atoms with Crippen LogP contribution in [0, 0.1) is 11.6 Å². The Morgan fingerprint density at radius 3 is 2.50 bits per heavy atom. The van der Waals surface area contributed by atoms with Crippen LogP contribution in [0.2, 0.25) is 0 Å². The molecule has 2 aromatic rings. The molecule has 2 aromatic carbocycles. The molecule has 1 nitrogen and oxygen atoms in total. The standard InChI is InChI=1S/C14H11BrF2O/c15-12-8-10(16)6-5-9(12)7-14(18)11-3-1-2-4-13(11)17/h1-6,8,14,18H,7H2. The van der Waals surface area contributed by atoms with E-state index in [2.05, 4.69) is 15.9 Å². The minimum absolute atomic E-state index is 0.224. The van der Waals surface area contributed by atoms with E-state index in [4.69, 9.17) is 0 Å². The van der Waals surface area contributed by atoms with Crippen LogP contribution in [0.25, 0.3) is 0 Å². The minimum Gasteiger partial charge on any atom is -0.388 e. The Kier molecular flexibility index (Phi) is 4.09. The van der Waals surface area contributed by atoms with Crippen LogP contribution in [0.3, 0.4) is 0 Å². The third-order valence-electron chi connectivity index (χ3n) is 2.69. The van der Waals surface area contributed by atoms with Crippen molar-refractivity contribution in [3.05, 3.63) is 69.7 Å². The number of benzene rings is 2. The Labute approximate surface area is 112 Å². The van der Waals surface area contributed by atoms with Crippen molar-refractivity contribution in [2.24, 2.45) is 0 Å². The summed E-state index contributed by atoms with van der Waals surface area (Å²) in [5.41, 5.74) is 0.973. The van der Waals surface area contributed by atoms with Crippen molar-refractivity contribution in [1.82, 2.24) is 0 Å². The van der Waals surface area contributed by atoms with Gasteiger partial charge in [-0.05, 0) is 23.8 Å². The van der Waals surface area contributed by atoms with Gasteiger partial charge in [-0.1, -0.05) is 40.2 Å². The van der Waals surface area contributed by atoms with Gasteiger partial charge in [0, 0.05) is 16.5 Å². The van der Waals surface area contributed by atoms with Crippen molar-refractivity contribution < 1.29 is 13.9 Å². The van der Waals surface area contributed by atoms with Gasteiger partial charge in [0.25, 0.3) is 0 Å². The predicted octanol–water partition coefficient (Wildman–Crippen LogP) is 4.00. The van der Waals surface area contributed by atoms with Crippen molar-refractivity contribution in [2.75, 3.05) is 0 Å². The van der Waals surface area contributed by atoms with Crippen molar-refractivity contribution >= 4 is 15.9 Å². The average molecular weight is 313 g/mol. The third kappa shape index (κ3) is 2.94. The molecule has 2 rings (SSSR count). The summed E-state index contributed by atoms with van der Waals surface area (Å²) in [5.74, 6) is -0.797. The molecule has 94 valence electrons. The fraction of sp³-hybridized carbons (Fsp3) is 0.143. The van der Waals surface area contributed by atoms with Gasteiger partial charge >= 0.3 is 0 Å². The molecule has 0 heterocycles. The smallest absolute Gasteiger partial charge is 0.129 e. The summed E-state index contributed by atoms with van der Waals surface area (Å²) in [4.78, 5) is 0. The Morgan fingerprint density at radius 2 is 1.83 bits per heavy atom. The van der Waals surface area contributed by atoms with Crippen LogP contribution < -0.4 is 0 Å². The molecule has 4 heteroatoms. The summed E-state index contributed by atoms with van der Waals surface area (Å²) >= 11 is 3.22. The molecule has 0 amide bonds. The highest BCUT2D eigenvalue weighted by molar-refractivity contribution is 9.10. The van der Waals surface area contributed by atoms with Gasteiger partial charge in [0.15, 0.2) is 0 Å². The van der Waals surface area contributed by atoms with Crippen LogP contribution in [0.1, 0.15) is 17.2 Å². The summed E-state index contributed by atoms with van der Waals surface area (Å²) in [5, 5.41) is 9.99. The lowest BCUT2D eigenvalue weighted by Gasteiger charge is -2.13. The molecular formula is C14H11BrF2O. The monoisotopic (exact) mass is 312 g/mol. The molecule has 1 unspecified atom stereocenters. The summed E-state index contributed by atoms with van der Waals surface area (Å²) in [6.45, 7) is 0. The van der Waals surface area contributed by atoms with Crippen molar-refractivity contribution in [3.8, 4) is 0 Å².